The maximum Gasteiger partial charge on any atom is 0.250 e. The average molecular weight is 491 g/mol. The Hall–Kier alpha value is -3.35. The minimum absolute atomic E-state index is 0.0205. The first-order chi connectivity index (χ1) is 17.4. The van der Waals surface area contributed by atoms with E-state index in [0.29, 0.717) is 32.6 Å². The van der Waals surface area contributed by atoms with Crippen LogP contribution in [0.2, 0.25) is 0 Å². The second-order valence-electron chi connectivity index (χ2n) is 10.0. The van der Waals surface area contributed by atoms with E-state index in [-0.39, 0.29) is 36.2 Å². The molecular weight excluding hydrogens is 452 g/mol. The van der Waals surface area contributed by atoms with E-state index in [9.17, 15) is 14.4 Å². The first kappa shape index (κ1) is 25.7. The normalized spacial score (nSPS) is 18.9. The molecule has 2 unspecified atom stereocenters. The van der Waals surface area contributed by atoms with Crippen LogP contribution in [0.1, 0.15) is 57.9 Å². The topological polar surface area (TPSA) is 73.0 Å². The monoisotopic (exact) mass is 490 g/mol. The van der Waals surface area contributed by atoms with Crippen LogP contribution in [0.25, 0.3) is 0 Å². The molecule has 3 amide bonds. The van der Waals surface area contributed by atoms with E-state index in [1.165, 1.54) is 0 Å². The molecule has 2 saturated heterocycles. The quantitative estimate of drug-likeness (QED) is 0.612. The first-order valence-corrected chi connectivity index (χ1v) is 13.1. The maximum atomic E-state index is 13.8. The summed E-state index contributed by atoms with van der Waals surface area (Å²) in [7, 11) is 0. The van der Waals surface area contributed by atoms with Crippen molar-refractivity contribution in [1.82, 2.24) is 15.1 Å². The Bertz CT molecular complexity index is 1050. The number of nitrogens with zero attached hydrogens (tertiary/aromatic N) is 3. The standard InChI is InChI=1S/C29H38N4O3/c1-4-22(3)30-26(34)20-32-21-33(24-14-10-7-11-15-24)29(28(32)36)16-18-31(19-17-29)27(35)25(5-2)23-12-8-6-9-13-23/h6-15,22,25H,4-5,16-21H2,1-3H3,(H,30,34). The summed E-state index contributed by atoms with van der Waals surface area (Å²) in [6, 6.07) is 19.9. The number of piperidine rings is 1. The third-order valence-electron chi connectivity index (χ3n) is 7.75. The molecule has 1 N–H and O–H groups in total. The maximum absolute atomic E-state index is 13.8. The highest BCUT2D eigenvalue weighted by atomic mass is 16.2. The van der Waals surface area contributed by atoms with Crippen molar-refractivity contribution in [3.8, 4) is 0 Å². The number of nitrogens with one attached hydrogen (secondary N) is 1. The smallest absolute Gasteiger partial charge is 0.250 e. The Morgan fingerprint density at radius 1 is 0.944 bits per heavy atom. The minimum Gasteiger partial charge on any atom is -0.352 e. The van der Waals surface area contributed by atoms with Crippen LogP contribution in [0.3, 0.4) is 0 Å². The molecule has 192 valence electrons. The van der Waals surface area contributed by atoms with Crippen LogP contribution >= 0.6 is 0 Å². The van der Waals surface area contributed by atoms with Gasteiger partial charge in [-0.1, -0.05) is 62.4 Å². The zero-order valence-corrected chi connectivity index (χ0v) is 21.7. The summed E-state index contributed by atoms with van der Waals surface area (Å²) in [4.78, 5) is 45.7. The van der Waals surface area contributed by atoms with Crippen LogP contribution in [-0.2, 0) is 14.4 Å². The largest absolute Gasteiger partial charge is 0.352 e. The molecule has 4 rings (SSSR count). The molecule has 0 aliphatic carbocycles. The van der Waals surface area contributed by atoms with Crippen molar-refractivity contribution in [2.45, 2.75) is 64.0 Å². The number of rotatable bonds is 8. The van der Waals surface area contributed by atoms with E-state index in [1.807, 2.05) is 86.3 Å². The number of carbonyl (C=O) groups is 3. The highest BCUT2D eigenvalue weighted by Gasteiger charge is 2.54. The van der Waals surface area contributed by atoms with Crippen LogP contribution in [0.4, 0.5) is 5.69 Å². The Morgan fingerprint density at radius 3 is 2.14 bits per heavy atom. The molecule has 2 heterocycles. The second kappa shape index (κ2) is 11.1. The lowest BCUT2D eigenvalue weighted by Gasteiger charge is -2.44. The lowest BCUT2D eigenvalue weighted by molar-refractivity contribution is -0.140. The van der Waals surface area contributed by atoms with Crippen molar-refractivity contribution in [3.63, 3.8) is 0 Å². The molecular formula is C29H38N4O3. The highest BCUT2D eigenvalue weighted by Crippen LogP contribution is 2.40. The van der Waals surface area contributed by atoms with Crippen molar-refractivity contribution in [2.75, 3.05) is 31.2 Å². The fourth-order valence-electron chi connectivity index (χ4n) is 5.47. The fourth-order valence-corrected chi connectivity index (χ4v) is 5.47. The predicted molar refractivity (Wildman–Crippen MR) is 141 cm³/mol. The van der Waals surface area contributed by atoms with Gasteiger partial charge in [0.2, 0.25) is 11.8 Å². The molecule has 2 aromatic carbocycles. The number of carbonyl (C=O) groups excluding carboxylic acids is 3. The van der Waals surface area contributed by atoms with Crippen molar-refractivity contribution in [1.29, 1.82) is 0 Å². The molecule has 1 spiro atoms. The number of para-hydroxylation sites is 1. The summed E-state index contributed by atoms with van der Waals surface area (Å²) in [6.45, 7) is 7.48. The fraction of sp³-hybridized carbons (Fsp3) is 0.483. The first-order valence-electron chi connectivity index (χ1n) is 13.1. The Labute approximate surface area is 214 Å². The molecule has 0 saturated carbocycles. The molecule has 0 radical (unpaired) electrons. The van der Waals surface area contributed by atoms with Crippen molar-refractivity contribution in [2.24, 2.45) is 0 Å². The van der Waals surface area contributed by atoms with E-state index in [2.05, 4.69) is 10.2 Å². The summed E-state index contributed by atoms with van der Waals surface area (Å²) in [5, 5.41) is 2.98. The SMILES string of the molecule is CCC(C)NC(=O)CN1CN(c2ccccc2)C2(CCN(C(=O)C(CC)c3ccccc3)CC2)C1=O. The molecule has 36 heavy (non-hydrogen) atoms. The van der Waals surface area contributed by atoms with Gasteiger partial charge in [-0.15, -0.1) is 0 Å². The Kier molecular flexibility index (Phi) is 7.97. The van der Waals surface area contributed by atoms with Crippen LogP contribution in [0.5, 0.6) is 0 Å². The summed E-state index contributed by atoms with van der Waals surface area (Å²) < 4.78 is 0. The molecule has 2 aliphatic rings. The van der Waals surface area contributed by atoms with Gasteiger partial charge >= 0.3 is 0 Å². The molecule has 7 nitrogen and oxygen atoms in total. The summed E-state index contributed by atoms with van der Waals surface area (Å²) in [6.07, 6.45) is 2.66. The molecule has 2 aliphatic heterocycles. The number of anilines is 1. The van der Waals surface area contributed by atoms with Crippen LogP contribution in [-0.4, -0.2) is 65.4 Å². The van der Waals surface area contributed by atoms with Crippen molar-refractivity contribution >= 4 is 23.4 Å². The van der Waals surface area contributed by atoms with Gasteiger partial charge in [-0.3, -0.25) is 14.4 Å². The average Bonchev–Trinajstić information content (AvgIpc) is 3.16. The number of amides is 3. The summed E-state index contributed by atoms with van der Waals surface area (Å²) in [5.74, 6) is -0.206. The van der Waals surface area contributed by atoms with Gasteiger partial charge in [0, 0.05) is 24.8 Å². The van der Waals surface area contributed by atoms with E-state index < -0.39 is 5.54 Å². The van der Waals surface area contributed by atoms with Gasteiger partial charge in [0.25, 0.3) is 5.91 Å². The lowest BCUT2D eigenvalue weighted by atomic mass is 9.84. The molecule has 0 aromatic heterocycles. The zero-order chi connectivity index (χ0) is 25.7. The van der Waals surface area contributed by atoms with Gasteiger partial charge in [0.1, 0.15) is 12.1 Å². The Morgan fingerprint density at radius 2 is 1.56 bits per heavy atom. The highest BCUT2D eigenvalue weighted by molar-refractivity contribution is 5.96. The van der Waals surface area contributed by atoms with Gasteiger partial charge in [-0.2, -0.15) is 0 Å². The van der Waals surface area contributed by atoms with Gasteiger partial charge in [0.05, 0.1) is 12.6 Å². The minimum atomic E-state index is -0.747. The number of benzene rings is 2. The number of hydrogen-bond acceptors (Lipinski definition) is 4. The molecule has 2 fully saturated rings. The van der Waals surface area contributed by atoms with Gasteiger partial charge in [0.15, 0.2) is 0 Å². The number of likely N-dealkylation sites (tertiary alicyclic amines) is 1. The lowest BCUT2D eigenvalue weighted by Crippen LogP contribution is -2.58. The molecule has 2 aromatic rings. The summed E-state index contributed by atoms with van der Waals surface area (Å²) in [5.41, 5.74) is 1.25. The summed E-state index contributed by atoms with van der Waals surface area (Å²) >= 11 is 0. The number of hydrogen-bond donors (Lipinski definition) is 1. The van der Waals surface area contributed by atoms with E-state index in [1.54, 1.807) is 4.90 Å². The van der Waals surface area contributed by atoms with Gasteiger partial charge in [-0.05, 0) is 50.3 Å². The van der Waals surface area contributed by atoms with E-state index >= 15 is 0 Å². The van der Waals surface area contributed by atoms with Crippen molar-refractivity contribution < 1.29 is 14.4 Å². The Balaban J connectivity index is 1.52. The van der Waals surface area contributed by atoms with E-state index in [0.717, 1.165) is 24.1 Å². The third-order valence-corrected chi connectivity index (χ3v) is 7.75. The van der Waals surface area contributed by atoms with Gasteiger partial charge in [-0.25, -0.2) is 0 Å². The second-order valence-corrected chi connectivity index (χ2v) is 10.0. The predicted octanol–water partition coefficient (Wildman–Crippen LogP) is 3.76. The molecule has 2 atom stereocenters. The van der Waals surface area contributed by atoms with Crippen molar-refractivity contribution in [3.05, 3.63) is 66.2 Å². The zero-order valence-electron chi connectivity index (χ0n) is 21.7. The molecule has 7 heteroatoms. The van der Waals surface area contributed by atoms with E-state index in [4.69, 9.17) is 0 Å². The van der Waals surface area contributed by atoms with Crippen LogP contribution in [0.15, 0.2) is 60.7 Å². The van der Waals surface area contributed by atoms with Crippen LogP contribution in [0, 0.1) is 0 Å². The van der Waals surface area contributed by atoms with Gasteiger partial charge < -0.3 is 20.0 Å². The third kappa shape index (κ3) is 5.11. The van der Waals surface area contributed by atoms with Crippen LogP contribution < -0.4 is 10.2 Å². The molecule has 0 bridgehead atoms.